The minimum absolute atomic E-state index is 0. The Morgan fingerprint density at radius 1 is 1.05 bits per heavy atom. The molecule has 0 bridgehead atoms. The van der Waals surface area contributed by atoms with Gasteiger partial charge in [-0.1, -0.05) is 37.5 Å². The van der Waals surface area contributed by atoms with Crippen molar-refractivity contribution in [3.8, 4) is 0 Å². The number of esters is 2. The van der Waals surface area contributed by atoms with Gasteiger partial charge in [-0.05, 0) is 30.9 Å². The smallest absolute Gasteiger partial charge is 1.00 e. The van der Waals surface area contributed by atoms with Crippen LogP contribution in [-0.4, -0.2) is 11.9 Å². The average Bonchev–Trinajstić information content (AvgIpc) is 2.40. The fourth-order valence-electron chi connectivity index (χ4n) is 2.41. The van der Waals surface area contributed by atoms with E-state index in [0.717, 1.165) is 12.8 Å². The van der Waals surface area contributed by atoms with Crippen molar-refractivity contribution < 1.29 is 120 Å². The zero-order valence-electron chi connectivity index (χ0n) is 14.4. The summed E-state index contributed by atoms with van der Waals surface area (Å²) in [7, 11) is 0. The van der Waals surface area contributed by atoms with E-state index in [9.17, 15) is 9.59 Å². The van der Waals surface area contributed by atoms with Gasteiger partial charge in [-0.3, -0.25) is 4.79 Å². The third-order valence-electron chi connectivity index (χ3n) is 3.40. The number of ether oxygens (including phenoxy) is 1. The van der Waals surface area contributed by atoms with Gasteiger partial charge in [-0.2, -0.15) is 0 Å². The van der Waals surface area contributed by atoms with Crippen LogP contribution in [0.25, 0.3) is 0 Å². The van der Waals surface area contributed by atoms with E-state index in [4.69, 9.17) is 4.74 Å². The largest absolute Gasteiger partial charge is 1.00 e. The molecule has 0 saturated heterocycles. The second-order valence-electron chi connectivity index (χ2n) is 4.84. The van der Waals surface area contributed by atoms with Gasteiger partial charge in [0.2, 0.25) is 0 Å². The van der Waals surface area contributed by atoms with E-state index in [1.54, 1.807) is 24.3 Å². The minimum Gasteiger partial charge on any atom is -1.00 e. The number of carbonyl (C=O) groups is 2. The third kappa shape index (κ3) is 7.76. The van der Waals surface area contributed by atoms with Gasteiger partial charge in [0.1, 0.15) is 0 Å². The Balaban J connectivity index is -0.000000902. The van der Waals surface area contributed by atoms with Crippen LogP contribution in [0.15, 0.2) is 30.3 Å². The first-order valence-electron chi connectivity index (χ1n) is 6.56. The molecule has 0 radical (unpaired) electrons. The number of carbonyl (C=O) groups excluding carboxylic acids is 2. The van der Waals surface area contributed by atoms with Crippen LogP contribution in [-0.2, 0) is 9.53 Å². The summed E-state index contributed by atoms with van der Waals surface area (Å²) >= 11 is 0. The SMILES string of the molecule is O=C(CC1CCCCC1)OC(=O)c1ccccc1.[H-].[H-].[K+].[K+]. The molecular formula is C15H20K2O3. The maximum atomic E-state index is 11.7. The molecule has 0 heterocycles. The molecule has 3 nitrogen and oxygen atoms in total. The monoisotopic (exact) mass is 326 g/mol. The van der Waals surface area contributed by atoms with Gasteiger partial charge >= 0.3 is 115 Å². The van der Waals surface area contributed by atoms with Gasteiger partial charge in [0, 0.05) is 6.42 Å². The van der Waals surface area contributed by atoms with E-state index in [2.05, 4.69) is 0 Å². The van der Waals surface area contributed by atoms with Crippen LogP contribution >= 0.6 is 0 Å². The van der Waals surface area contributed by atoms with E-state index in [-0.39, 0.29) is 106 Å². The van der Waals surface area contributed by atoms with Crippen molar-refractivity contribution in [2.75, 3.05) is 0 Å². The molecule has 0 aliphatic heterocycles. The fourth-order valence-corrected chi connectivity index (χ4v) is 2.41. The minimum atomic E-state index is -0.545. The first-order chi connectivity index (χ1) is 8.75. The van der Waals surface area contributed by atoms with Gasteiger partial charge in [-0.15, -0.1) is 0 Å². The molecule has 1 aliphatic carbocycles. The van der Waals surface area contributed by atoms with E-state index in [1.165, 1.54) is 19.3 Å². The second-order valence-corrected chi connectivity index (χ2v) is 4.84. The van der Waals surface area contributed by atoms with Gasteiger partial charge in [0.05, 0.1) is 5.56 Å². The molecular weight excluding hydrogens is 306 g/mol. The van der Waals surface area contributed by atoms with Crippen molar-refractivity contribution in [2.45, 2.75) is 38.5 Å². The summed E-state index contributed by atoms with van der Waals surface area (Å²) in [5, 5.41) is 0. The molecule has 100 valence electrons. The summed E-state index contributed by atoms with van der Waals surface area (Å²) in [6.07, 6.45) is 6.16. The summed E-state index contributed by atoms with van der Waals surface area (Å²) in [4.78, 5) is 23.3. The molecule has 0 spiro atoms. The summed E-state index contributed by atoms with van der Waals surface area (Å²) in [5.41, 5.74) is 0.425. The van der Waals surface area contributed by atoms with Crippen LogP contribution in [0.3, 0.4) is 0 Å². The third-order valence-corrected chi connectivity index (χ3v) is 3.40. The van der Waals surface area contributed by atoms with E-state index in [1.807, 2.05) is 6.07 Å². The van der Waals surface area contributed by atoms with Crippen molar-refractivity contribution in [3.63, 3.8) is 0 Å². The first kappa shape index (κ1) is 21.6. The van der Waals surface area contributed by atoms with Gasteiger partial charge in [0.25, 0.3) is 0 Å². The maximum Gasteiger partial charge on any atom is 1.00 e. The molecule has 1 saturated carbocycles. The number of rotatable bonds is 3. The quantitative estimate of drug-likeness (QED) is 0.353. The predicted molar refractivity (Wildman–Crippen MR) is 70.3 cm³/mol. The predicted octanol–water partition coefficient (Wildman–Crippen LogP) is -2.43. The van der Waals surface area contributed by atoms with E-state index in [0.29, 0.717) is 17.9 Å². The number of hydrogen-bond donors (Lipinski definition) is 0. The normalized spacial score (nSPS) is 14.6. The van der Waals surface area contributed by atoms with Crippen molar-refractivity contribution in [1.82, 2.24) is 0 Å². The van der Waals surface area contributed by atoms with E-state index >= 15 is 0 Å². The van der Waals surface area contributed by atoms with Crippen LogP contribution in [0.5, 0.6) is 0 Å². The van der Waals surface area contributed by atoms with E-state index < -0.39 is 11.9 Å². The van der Waals surface area contributed by atoms with Crippen LogP contribution in [0.2, 0.25) is 0 Å². The average molecular weight is 327 g/mol. The van der Waals surface area contributed by atoms with Crippen molar-refractivity contribution >= 4 is 11.9 Å². The van der Waals surface area contributed by atoms with Crippen LogP contribution in [0.1, 0.15) is 51.7 Å². The molecule has 1 aromatic rings. The number of benzene rings is 1. The zero-order valence-corrected chi connectivity index (χ0v) is 18.7. The van der Waals surface area contributed by atoms with Gasteiger partial charge in [-0.25, -0.2) is 4.79 Å². The molecule has 5 heteroatoms. The van der Waals surface area contributed by atoms with Gasteiger partial charge in [0.15, 0.2) is 0 Å². The topological polar surface area (TPSA) is 43.4 Å². The zero-order chi connectivity index (χ0) is 12.8. The molecule has 1 fully saturated rings. The first-order valence-corrected chi connectivity index (χ1v) is 6.56. The molecule has 1 aliphatic rings. The Hall–Kier alpha value is 1.63. The van der Waals surface area contributed by atoms with Crippen molar-refractivity contribution in [3.05, 3.63) is 35.9 Å². The Morgan fingerprint density at radius 2 is 1.65 bits per heavy atom. The Bertz CT molecular complexity index is 424. The summed E-state index contributed by atoms with van der Waals surface area (Å²) < 4.78 is 4.86. The summed E-state index contributed by atoms with van der Waals surface area (Å²) in [6, 6.07) is 8.62. The standard InChI is InChI=1S/C15H18O3.2K.2H/c16-14(11-12-7-3-1-4-8-12)18-15(17)13-9-5-2-6-10-13;;;;/h2,5-6,9-10,12H,1,3-4,7-8,11H2;;;;/q;2*+1;2*-1. The molecule has 0 aromatic heterocycles. The molecule has 0 atom stereocenters. The second kappa shape index (κ2) is 12.1. The van der Waals surface area contributed by atoms with Crippen molar-refractivity contribution in [2.24, 2.45) is 5.92 Å². The van der Waals surface area contributed by atoms with Gasteiger partial charge < -0.3 is 7.59 Å². The Morgan fingerprint density at radius 3 is 2.25 bits per heavy atom. The fraction of sp³-hybridized carbons (Fsp3) is 0.467. The molecule has 2 rings (SSSR count). The summed E-state index contributed by atoms with van der Waals surface area (Å²) in [6.45, 7) is 0. The molecule has 0 unspecified atom stereocenters. The van der Waals surface area contributed by atoms with Crippen LogP contribution in [0, 0.1) is 5.92 Å². The Kier molecular flexibility index (Phi) is 13.1. The van der Waals surface area contributed by atoms with Crippen LogP contribution in [0.4, 0.5) is 0 Å². The molecule has 0 N–H and O–H groups in total. The maximum absolute atomic E-state index is 11.7. The van der Waals surface area contributed by atoms with Crippen molar-refractivity contribution in [1.29, 1.82) is 0 Å². The summed E-state index contributed by atoms with van der Waals surface area (Å²) in [5.74, 6) is -0.540. The molecule has 1 aromatic carbocycles. The molecule has 20 heavy (non-hydrogen) atoms. The Labute approximate surface area is 208 Å². The molecule has 0 amide bonds. The van der Waals surface area contributed by atoms with Crippen LogP contribution < -0.4 is 103 Å². The number of hydrogen-bond acceptors (Lipinski definition) is 3.